The molecule has 2 aromatic heterocycles. The van der Waals surface area contributed by atoms with Gasteiger partial charge >= 0.3 is 5.97 Å². The number of alkyl halides is 1. The number of carbonyl (C=O) groups is 2. The fourth-order valence-electron chi connectivity index (χ4n) is 4.95. The maximum absolute atomic E-state index is 13.4. The van der Waals surface area contributed by atoms with Crippen molar-refractivity contribution in [2.75, 3.05) is 12.4 Å². The van der Waals surface area contributed by atoms with Crippen molar-refractivity contribution in [3.05, 3.63) is 63.0 Å². The number of thiazole rings is 1. The maximum Gasteiger partial charge on any atom is 0.355 e. The molecule has 0 bridgehead atoms. The third kappa shape index (κ3) is 4.30. The first-order chi connectivity index (χ1) is 17.7. The van der Waals surface area contributed by atoms with Crippen LogP contribution in [0.15, 0.2) is 47.5 Å². The molecule has 1 fully saturated rings. The van der Waals surface area contributed by atoms with Crippen LogP contribution in [0.5, 0.6) is 0 Å². The summed E-state index contributed by atoms with van der Waals surface area (Å²) >= 11 is 2.69. The minimum atomic E-state index is -0.875. The van der Waals surface area contributed by atoms with Crippen LogP contribution in [0, 0.1) is 22.0 Å². The Balaban J connectivity index is 1.48. The number of nitrogens with zero attached hydrogens (tertiary/aromatic N) is 4. The highest BCUT2D eigenvalue weighted by Gasteiger charge is 2.60. The lowest BCUT2D eigenvalue weighted by Crippen LogP contribution is -2.63. The van der Waals surface area contributed by atoms with Crippen molar-refractivity contribution >= 4 is 51.1 Å². The normalized spacial score (nSPS) is 21.8. The van der Waals surface area contributed by atoms with Gasteiger partial charge in [0.1, 0.15) is 28.5 Å². The van der Waals surface area contributed by atoms with Gasteiger partial charge in [-0.15, -0.1) is 23.1 Å². The molecule has 5 rings (SSSR count). The summed E-state index contributed by atoms with van der Waals surface area (Å²) < 4.78 is 20.1. The Morgan fingerprint density at radius 1 is 1.38 bits per heavy atom. The Bertz CT molecular complexity index is 1420. The lowest BCUT2D eigenvalue weighted by atomic mass is 9.77. The summed E-state index contributed by atoms with van der Waals surface area (Å²) in [5, 5.41) is 21.8. The number of thioether (sulfide) groups is 1. The minimum absolute atomic E-state index is 0.0736. The summed E-state index contributed by atoms with van der Waals surface area (Å²) in [7, 11) is 0. The van der Waals surface area contributed by atoms with Gasteiger partial charge in [-0.2, -0.15) is 0 Å². The van der Waals surface area contributed by atoms with Crippen LogP contribution in [0.25, 0.3) is 10.4 Å². The Morgan fingerprint density at radius 2 is 2.11 bits per heavy atom. The number of benzene rings is 1. The van der Waals surface area contributed by atoms with Crippen LogP contribution in [0.4, 0.5) is 10.1 Å². The molecule has 10 nitrogen and oxygen atoms in total. The van der Waals surface area contributed by atoms with E-state index in [-0.39, 0.29) is 41.6 Å². The second-order valence-electron chi connectivity index (χ2n) is 8.91. The number of fused-ring (bicyclic) bond motifs is 2. The van der Waals surface area contributed by atoms with Crippen LogP contribution in [-0.2, 0) is 20.9 Å². The number of nitro benzene ring substituents is 1. The van der Waals surface area contributed by atoms with Gasteiger partial charge in [0.25, 0.3) is 5.69 Å². The SMILES string of the molecule is C[C@@H](O)[C@H]1C(=O)N2C(C(=O)OCc3ccc([N+](=O)[O-])cc3)=C(c3cn4cnc(SCCF)c4s3)[C@H](C)[C@@H]12. The van der Waals surface area contributed by atoms with Crippen molar-refractivity contribution in [3.8, 4) is 0 Å². The van der Waals surface area contributed by atoms with Gasteiger partial charge in [-0.1, -0.05) is 6.92 Å². The molecule has 0 aliphatic carbocycles. The first-order valence-corrected chi connectivity index (χ1v) is 13.3. The van der Waals surface area contributed by atoms with Gasteiger partial charge in [0, 0.05) is 35.6 Å². The highest BCUT2D eigenvalue weighted by atomic mass is 32.2. The molecule has 13 heteroatoms. The number of aliphatic hydroxyl groups excluding tert-OH is 1. The molecule has 194 valence electrons. The molecule has 0 radical (unpaired) electrons. The number of rotatable bonds is 9. The summed E-state index contributed by atoms with van der Waals surface area (Å²) in [6, 6.07) is 5.28. The van der Waals surface area contributed by atoms with Crippen LogP contribution >= 0.6 is 23.1 Å². The lowest BCUT2D eigenvalue weighted by Gasteiger charge is -2.46. The third-order valence-corrected chi connectivity index (χ3v) is 8.85. The molecule has 0 spiro atoms. The van der Waals surface area contributed by atoms with Crippen molar-refractivity contribution in [1.82, 2.24) is 14.3 Å². The van der Waals surface area contributed by atoms with E-state index in [1.54, 1.807) is 13.3 Å². The minimum Gasteiger partial charge on any atom is -0.456 e. The fourth-order valence-corrected chi connectivity index (χ4v) is 6.99. The smallest absolute Gasteiger partial charge is 0.355 e. The van der Waals surface area contributed by atoms with E-state index in [0.717, 1.165) is 9.71 Å². The molecule has 2 aliphatic heterocycles. The second kappa shape index (κ2) is 9.88. The molecular formula is C24H23FN4O6S2. The largest absolute Gasteiger partial charge is 0.456 e. The zero-order valence-electron chi connectivity index (χ0n) is 19.9. The van der Waals surface area contributed by atoms with Crippen LogP contribution in [0.1, 0.15) is 24.3 Å². The van der Waals surface area contributed by atoms with Crippen molar-refractivity contribution in [1.29, 1.82) is 0 Å². The molecule has 4 heterocycles. The molecule has 2 aliphatic rings. The van der Waals surface area contributed by atoms with Crippen molar-refractivity contribution in [2.24, 2.45) is 11.8 Å². The van der Waals surface area contributed by atoms with Crippen molar-refractivity contribution in [3.63, 3.8) is 0 Å². The van der Waals surface area contributed by atoms with Gasteiger partial charge in [-0.3, -0.25) is 23.7 Å². The van der Waals surface area contributed by atoms with Gasteiger partial charge in [0.05, 0.1) is 34.5 Å². The number of imidazole rings is 1. The number of nitro groups is 1. The van der Waals surface area contributed by atoms with E-state index < -0.39 is 29.6 Å². The molecule has 1 N–H and O–H groups in total. The number of amides is 1. The van der Waals surface area contributed by atoms with E-state index in [1.807, 2.05) is 17.5 Å². The van der Waals surface area contributed by atoms with E-state index in [2.05, 4.69) is 4.98 Å². The molecule has 3 aromatic rings. The average molecular weight is 547 g/mol. The van der Waals surface area contributed by atoms with Gasteiger partial charge in [-0.05, 0) is 24.6 Å². The Labute approximate surface area is 218 Å². The summed E-state index contributed by atoms with van der Waals surface area (Å²) in [6.07, 6.45) is 2.58. The number of β-lactam (4-membered cyclic amide) rings is 1. The maximum atomic E-state index is 13.4. The van der Waals surface area contributed by atoms with E-state index in [9.17, 15) is 29.2 Å². The monoisotopic (exact) mass is 546 g/mol. The second-order valence-corrected chi connectivity index (χ2v) is 11.0. The zero-order valence-corrected chi connectivity index (χ0v) is 21.5. The predicted octanol–water partition coefficient (Wildman–Crippen LogP) is 3.68. The van der Waals surface area contributed by atoms with Crippen molar-refractivity contribution < 1.29 is 28.7 Å². The fraction of sp³-hybridized carbons (Fsp3) is 0.375. The highest BCUT2D eigenvalue weighted by Crippen LogP contribution is 2.52. The molecule has 1 saturated heterocycles. The number of aliphatic hydroxyl groups is 1. The number of carbonyl (C=O) groups excluding carboxylic acids is 2. The highest BCUT2D eigenvalue weighted by molar-refractivity contribution is 7.99. The number of non-ortho nitro benzene ring substituents is 1. The van der Waals surface area contributed by atoms with Crippen LogP contribution < -0.4 is 0 Å². The summed E-state index contributed by atoms with van der Waals surface area (Å²) in [6.45, 7) is 2.87. The number of hydrogen-bond acceptors (Lipinski definition) is 9. The quantitative estimate of drug-likeness (QED) is 0.142. The number of esters is 1. The van der Waals surface area contributed by atoms with Crippen molar-refractivity contribution in [2.45, 2.75) is 37.6 Å². The Kier molecular flexibility index (Phi) is 6.77. The van der Waals surface area contributed by atoms with E-state index in [1.165, 1.54) is 52.3 Å². The van der Waals surface area contributed by atoms with Gasteiger partial charge < -0.3 is 14.7 Å². The standard InChI is InChI=1S/C24H23FN4O6S2/c1-12-17(16-9-27-11-26-21(23(27)37-16)36-8-7-25)20(28-19(12)18(13(2)30)22(28)31)24(32)35-10-14-3-5-15(6-4-14)29(33)34/h3-6,9,11-13,18-19,30H,7-8,10H2,1-2H3/t12-,13+,18+,19-/m0/s1. The Hall–Kier alpha value is -3.29. The predicted molar refractivity (Wildman–Crippen MR) is 135 cm³/mol. The zero-order chi connectivity index (χ0) is 26.4. The summed E-state index contributed by atoms with van der Waals surface area (Å²) in [4.78, 5) is 44.1. The lowest BCUT2D eigenvalue weighted by molar-refractivity contribution is -0.384. The molecule has 0 saturated carbocycles. The first-order valence-electron chi connectivity index (χ1n) is 11.5. The number of ether oxygens (including phenoxy) is 1. The van der Waals surface area contributed by atoms with Gasteiger partial charge in [-0.25, -0.2) is 9.78 Å². The van der Waals surface area contributed by atoms with E-state index in [4.69, 9.17) is 4.74 Å². The number of hydrogen-bond donors (Lipinski definition) is 1. The Morgan fingerprint density at radius 3 is 2.76 bits per heavy atom. The molecule has 0 unspecified atom stereocenters. The number of halogens is 1. The van der Waals surface area contributed by atoms with E-state index >= 15 is 0 Å². The molecular weight excluding hydrogens is 523 g/mol. The topological polar surface area (TPSA) is 127 Å². The van der Waals surface area contributed by atoms with E-state index in [0.29, 0.717) is 16.2 Å². The third-order valence-electron chi connectivity index (χ3n) is 6.64. The van der Waals surface area contributed by atoms with Crippen LogP contribution in [-0.4, -0.2) is 60.8 Å². The number of aromatic nitrogens is 2. The summed E-state index contributed by atoms with van der Waals surface area (Å²) in [5.41, 5.74) is 1.27. The van der Waals surface area contributed by atoms with Crippen LogP contribution in [0.3, 0.4) is 0 Å². The average Bonchev–Trinajstić information content (AvgIpc) is 3.51. The molecule has 37 heavy (non-hydrogen) atoms. The molecule has 1 aromatic carbocycles. The summed E-state index contributed by atoms with van der Waals surface area (Å²) in [5.74, 6) is -1.64. The van der Waals surface area contributed by atoms with Crippen LogP contribution in [0.2, 0.25) is 0 Å². The molecule has 1 amide bonds. The van der Waals surface area contributed by atoms with Gasteiger partial charge in [0.2, 0.25) is 5.91 Å². The van der Waals surface area contributed by atoms with Gasteiger partial charge in [0.15, 0.2) is 0 Å². The molecule has 4 atom stereocenters. The first kappa shape index (κ1) is 25.4.